The van der Waals surface area contributed by atoms with Gasteiger partial charge >= 0.3 is 0 Å². The molecule has 102 valence electrons. The second-order valence-corrected chi connectivity index (χ2v) is 4.90. The highest BCUT2D eigenvalue weighted by molar-refractivity contribution is 4.96. The minimum atomic E-state index is 0.370. The SMILES string of the molecule is C=C(CNCCC)COC(C)CCCCCC. The molecule has 1 unspecified atom stereocenters. The minimum absolute atomic E-state index is 0.370. The van der Waals surface area contributed by atoms with Crippen molar-refractivity contribution in [1.82, 2.24) is 5.32 Å². The third-order valence-electron chi connectivity index (χ3n) is 2.84. The van der Waals surface area contributed by atoms with Gasteiger partial charge in [-0.25, -0.2) is 0 Å². The highest BCUT2D eigenvalue weighted by Gasteiger charge is 2.03. The van der Waals surface area contributed by atoms with E-state index in [1.807, 2.05) is 0 Å². The van der Waals surface area contributed by atoms with E-state index in [0.717, 1.165) is 18.7 Å². The first-order chi connectivity index (χ1) is 8.20. The van der Waals surface area contributed by atoms with E-state index in [-0.39, 0.29) is 0 Å². The maximum absolute atomic E-state index is 5.78. The van der Waals surface area contributed by atoms with E-state index in [9.17, 15) is 0 Å². The predicted octanol–water partition coefficient (Wildman–Crippen LogP) is 3.92. The van der Waals surface area contributed by atoms with Crippen molar-refractivity contribution in [3.05, 3.63) is 12.2 Å². The molecule has 0 aromatic carbocycles. The first-order valence-electron chi connectivity index (χ1n) is 7.19. The average Bonchev–Trinajstić information content (AvgIpc) is 2.32. The molecule has 0 aliphatic heterocycles. The maximum Gasteiger partial charge on any atom is 0.0690 e. The molecule has 0 aliphatic rings. The molecule has 1 N–H and O–H groups in total. The largest absolute Gasteiger partial charge is 0.374 e. The standard InChI is InChI=1S/C15H31NO/c1-5-7-8-9-10-15(4)17-13-14(3)12-16-11-6-2/h15-16H,3,5-13H2,1-2,4H3. The topological polar surface area (TPSA) is 21.3 Å². The smallest absolute Gasteiger partial charge is 0.0690 e. The number of ether oxygens (including phenoxy) is 1. The van der Waals surface area contributed by atoms with Crippen molar-refractivity contribution in [2.75, 3.05) is 19.7 Å². The Kier molecular flexibility index (Phi) is 11.9. The molecular weight excluding hydrogens is 210 g/mol. The van der Waals surface area contributed by atoms with Crippen LogP contribution < -0.4 is 5.32 Å². The monoisotopic (exact) mass is 241 g/mol. The average molecular weight is 241 g/mol. The number of nitrogens with one attached hydrogen (secondary N) is 1. The molecule has 0 aliphatic carbocycles. The van der Waals surface area contributed by atoms with E-state index in [1.54, 1.807) is 0 Å². The first kappa shape index (κ1) is 16.7. The molecule has 2 nitrogen and oxygen atoms in total. The molecule has 0 radical (unpaired) electrons. The second-order valence-electron chi connectivity index (χ2n) is 4.90. The third-order valence-corrected chi connectivity index (χ3v) is 2.84. The van der Waals surface area contributed by atoms with Crippen molar-refractivity contribution in [2.45, 2.75) is 65.4 Å². The lowest BCUT2D eigenvalue weighted by atomic mass is 10.1. The number of rotatable bonds is 12. The van der Waals surface area contributed by atoms with Crippen LogP contribution in [0.5, 0.6) is 0 Å². The van der Waals surface area contributed by atoms with Gasteiger partial charge in [0.1, 0.15) is 0 Å². The van der Waals surface area contributed by atoms with Gasteiger partial charge in [0.25, 0.3) is 0 Å². The molecule has 0 aromatic heterocycles. The van der Waals surface area contributed by atoms with Crippen LogP contribution in [0.2, 0.25) is 0 Å². The zero-order chi connectivity index (χ0) is 12.9. The minimum Gasteiger partial charge on any atom is -0.374 e. The summed E-state index contributed by atoms with van der Waals surface area (Å²) < 4.78 is 5.78. The Morgan fingerprint density at radius 2 is 1.94 bits per heavy atom. The van der Waals surface area contributed by atoms with Crippen molar-refractivity contribution in [1.29, 1.82) is 0 Å². The summed E-state index contributed by atoms with van der Waals surface area (Å²) in [6.07, 6.45) is 7.99. The summed E-state index contributed by atoms with van der Waals surface area (Å²) in [7, 11) is 0. The van der Waals surface area contributed by atoms with Crippen molar-refractivity contribution in [3.8, 4) is 0 Å². The zero-order valence-corrected chi connectivity index (χ0v) is 12.1. The van der Waals surface area contributed by atoms with E-state index in [4.69, 9.17) is 4.74 Å². The Morgan fingerprint density at radius 1 is 1.18 bits per heavy atom. The van der Waals surface area contributed by atoms with E-state index in [2.05, 4.69) is 32.7 Å². The first-order valence-corrected chi connectivity index (χ1v) is 7.19. The number of hydrogen-bond acceptors (Lipinski definition) is 2. The molecule has 0 saturated heterocycles. The lowest BCUT2D eigenvalue weighted by Crippen LogP contribution is -2.21. The van der Waals surface area contributed by atoms with Gasteiger partial charge in [0.15, 0.2) is 0 Å². The van der Waals surface area contributed by atoms with Gasteiger partial charge in [0, 0.05) is 6.54 Å². The molecule has 0 aromatic rings. The Labute approximate surface area is 108 Å². The summed E-state index contributed by atoms with van der Waals surface area (Å²) >= 11 is 0. The fourth-order valence-corrected chi connectivity index (χ4v) is 1.69. The highest BCUT2D eigenvalue weighted by atomic mass is 16.5. The van der Waals surface area contributed by atoms with Crippen LogP contribution in [-0.2, 0) is 4.74 Å². The van der Waals surface area contributed by atoms with Crippen LogP contribution in [0.15, 0.2) is 12.2 Å². The second kappa shape index (κ2) is 12.1. The van der Waals surface area contributed by atoms with Crippen molar-refractivity contribution in [3.63, 3.8) is 0 Å². The Morgan fingerprint density at radius 3 is 2.59 bits per heavy atom. The van der Waals surface area contributed by atoms with Crippen LogP contribution >= 0.6 is 0 Å². The van der Waals surface area contributed by atoms with Gasteiger partial charge in [-0.05, 0) is 31.9 Å². The molecule has 0 bridgehead atoms. The van der Waals surface area contributed by atoms with Gasteiger partial charge in [-0.1, -0.05) is 46.1 Å². The third kappa shape index (κ3) is 11.9. The van der Waals surface area contributed by atoms with Crippen molar-refractivity contribution >= 4 is 0 Å². The van der Waals surface area contributed by atoms with E-state index >= 15 is 0 Å². The molecule has 1 atom stereocenters. The van der Waals surface area contributed by atoms with Gasteiger partial charge in [0.2, 0.25) is 0 Å². The molecular formula is C15H31NO. The van der Waals surface area contributed by atoms with Crippen LogP contribution in [0.4, 0.5) is 0 Å². The van der Waals surface area contributed by atoms with Crippen LogP contribution in [0.3, 0.4) is 0 Å². The van der Waals surface area contributed by atoms with Crippen molar-refractivity contribution < 1.29 is 4.74 Å². The number of hydrogen-bond donors (Lipinski definition) is 1. The molecule has 0 rings (SSSR count). The molecule has 0 fully saturated rings. The lowest BCUT2D eigenvalue weighted by molar-refractivity contribution is 0.0744. The van der Waals surface area contributed by atoms with Gasteiger partial charge < -0.3 is 10.1 Å². The fraction of sp³-hybridized carbons (Fsp3) is 0.867. The molecule has 0 saturated carbocycles. The van der Waals surface area contributed by atoms with Crippen LogP contribution in [0, 0.1) is 0 Å². The summed E-state index contributed by atoms with van der Waals surface area (Å²) in [6.45, 7) is 13.2. The summed E-state index contributed by atoms with van der Waals surface area (Å²) in [5.41, 5.74) is 1.15. The van der Waals surface area contributed by atoms with Crippen LogP contribution in [0.25, 0.3) is 0 Å². The maximum atomic E-state index is 5.78. The van der Waals surface area contributed by atoms with Gasteiger partial charge in [-0.3, -0.25) is 0 Å². The zero-order valence-electron chi connectivity index (χ0n) is 12.1. The molecule has 17 heavy (non-hydrogen) atoms. The van der Waals surface area contributed by atoms with E-state index in [0.29, 0.717) is 12.7 Å². The predicted molar refractivity (Wildman–Crippen MR) is 76.5 cm³/mol. The normalized spacial score (nSPS) is 12.6. The Balaban J connectivity index is 3.35. The molecule has 2 heteroatoms. The Hall–Kier alpha value is -0.340. The summed E-state index contributed by atoms with van der Waals surface area (Å²) in [4.78, 5) is 0. The number of unbranched alkanes of at least 4 members (excludes halogenated alkanes) is 3. The van der Waals surface area contributed by atoms with Gasteiger partial charge in [-0.15, -0.1) is 0 Å². The fourth-order valence-electron chi connectivity index (χ4n) is 1.69. The van der Waals surface area contributed by atoms with Crippen LogP contribution in [-0.4, -0.2) is 25.8 Å². The molecule has 0 spiro atoms. The lowest BCUT2D eigenvalue weighted by Gasteiger charge is -2.14. The van der Waals surface area contributed by atoms with Crippen molar-refractivity contribution in [2.24, 2.45) is 0 Å². The summed E-state index contributed by atoms with van der Waals surface area (Å²) in [6, 6.07) is 0. The highest BCUT2D eigenvalue weighted by Crippen LogP contribution is 2.08. The summed E-state index contributed by atoms with van der Waals surface area (Å²) in [5.74, 6) is 0. The molecule has 0 amide bonds. The Bertz CT molecular complexity index is 180. The van der Waals surface area contributed by atoms with Gasteiger partial charge in [-0.2, -0.15) is 0 Å². The quantitative estimate of drug-likeness (QED) is 0.413. The van der Waals surface area contributed by atoms with Crippen LogP contribution in [0.1, 0.15) is 59.3 Å². The summed E-state index contributed by atoms with van der Waals surface area (Å²) in [5, 5.41) is 3.34. The van der Waals surface area contributed by atoms with E-state index in [1.165, 1.54) is 38.5 Å². The van der Waals surface area contributed by atoms with Gasteiger partial charge in [0.05, 0.1) is 12.7 Å². The molecule has 0 heterocycles. The van der Waals surface area contributed by atoms with E-state index < -0.39 is 0 Å².